The van der Waals surface area contributed by atoms with Crippen molar-refractivity contribution in [1.29, 1.82) is 0 Å². The van der Waals surface area contributed by atoms with E-state index in [1.807, 2.05) is 172 Å². The Morgan fingerprint density at radius 3 is 1.26 bits per heavy atom. The van der Waals surface area contributed by atoms with Gasteiger partial charge in [0.2, 0.25) is 23.5 Å². The van der Waals surface area contributed by atoms with Gasteiger partial charge in [0.1, 0.15) is 44.4 Å². The minimum atomic E-state index is -1.28. The fourth-order valence-electron chi connectivity index (χ4n) is 19.8. The van der Waals surface area contributed by atoms with Gasteiger partial charge in [-0.05, 0) is 211 Å². The molecule has 20 aromatic rings. The van der Waals surface area contributed by atoms with Crippen molar-refractivity contribution in [2.45, 2.75) is 102 Å². The van der Waals surface area contributed by atoms with E-state index in [0.717, 1.165) is 175 Å². The molecular formula is C116H97N5O11S2Se. The second-order valence-corrected chi connectivity index (χ2v) is 39.2. The van der Waals surface area contributed by atoms with Gasteiger partial charge in [0.05, 0.1) is 80.0 Å². The zero-order chi connectivity index (χ0) is 92.9. The molecule has 5 aromatic heterocycles. The van der Waals surface area contributed by atoms with Crippen LogP contribution in [0.25, 0.3) is 54.8 Å². The molecule has 0 radical (unpaired) electrons. The van der Waals surface area contributed by atoms with Crippen LogP contribution in [0.1, 0.15) is 72.3 Å². The number of furan rings is 5. The maximum atomic E-state index is 13.4. The summed E-state index contributed by atoms with van der Waals surface area (Å²) in [5.41, 5.74) is 30.4. The van der Waals surface area contributed by atoms with Crippen molar-refractivity contribution in [3.63, 3.8) is 0 Å². The van der Waals surface area contributed by atoms with Crippen LogP contribution in [0.3, 0.4) is 0 Å². The third-order valence-electron chi connectivity index (χ3n) is 25.1. The molecule has 25 rings (SSSR count). The summed E-state index contributed by atoms with van der Waals surface area (Å²) in [4.78, 5) is 14.9. The average Bonchev–Trinajstić information content (AvgIpc) is 1.66. The summed E-state index contributed by atoms with van der Waals surface area (Å²) in [6.07, 6.45) is 0.829. The van der Waals surface area contributed by atoms with Gasteiger partial charge in [-0.3, -0.25) is 19.6 Å². The molecule has 0 fully saturated rings. The molecular weight excluding hydrogens is 1780 g/mol. The first-order valence-electron chi connectivity index (χ1n) is 44.9. The zero-order valence-corrected chi connectivity index (χ0v) is 80.9. The van der Waals surface area contributed by atoms with E-state index in [2.05, 4.69) is 232 Å². The van der Waals surface area contributed by atoms with Crippen molar-refractivity contribution in [1.82, 2.24) is 0 Å². The normalized spacial score (nSPS) is 13.3. The molecule has 0 saturated carbocycles. The van der Waals surface area contributed by atoms with Crippen LogP contribution >= 0.6 is 11.8 Å². The summed E-state index contributed by atoms with van der Waals surface area (Å²) in [6.45, 7) is 23.4. The van der Waals surface area contributed by atoms with E-state index in [1.165, 1.54) is 102 Å². The third-order valence-corrected chi connectivity index (χ3v) is 30.3. The smallest absolute Gasteiger partial charge is 0.249 e. The summed E-state index contributed by atoms with van der Waals surface area (Å²) in [5.74, 6) is 8.61. The molecule has 5 aliphatic rings. The number of hydrogen-bond acceptors (Lipinski definition) is 17. The van der Waals surface area contributed by atoms with Crippen LogP contribution in [0.15, 0.2) is 345 Å². The van der Waals surface area contributed by atoms with Crippen molar-refractivity contribution in [3.8, 4) is 34.5 Å². The van der Waals surface area contributed by atoms with Crippen LogP contribution in [0.2, 0.25) is 0 Å². The standard InChI is InChI=1S/C24H21NO3.C23H19NO3Se.C23H19NO2S.C23H19NO2.C23H19NOS/c1-15-12-21(26-2)23(22(13-15)27-3)25-19-10-6-4-8-16(19)14-18-17-9-5-7-11-20(17)28-24(18)25;1-14-12-18(25-2)21(19(13-14)26-3)24-16-9-5-7-11-20(16)28-22-15-8-4-6-10-17(15)27-23(22)24;1-14-12-15(2)21(16(3)13-14)24-18-9-5-7-11-20(18)27(25)22-17-8-4-6-10-19(17)26-23(22)24;1-14-12-15(2)21(16(3)13-14)24-18-9-5-7-11-20(18)25-22-17-8-4-6-10-19(17)26-23(22)24;1-14-12-15(2)21(16(3)13-14)24-18-9-5-7-11-20(18)26-22-17-8-4-6-10-19(17)25-23(22)24/h4-13H,14H2,1-3H3;4-13H,1-3H3;4-13H,1-3H3;2*4-13H,1-3H3. The second-order valence-electron chi connectivity index (χ2n) is 34.5. The molecule has 19 heteroatoms. The summed E-state index contributed by atoms with van der Waals surface area (Å²) in [5, 5.41) is 5.38. The van der Waals surface area contributed by atoms with Crippen LogP contribution < -0.4 is 57.1 Å². The molecule has 135 heavy (non-hydrogen) atoms. The van der Waals surface area contributed by atoms with Crippen molar-refractivity contribution in [3.05, 3.63) is 376 Å². The molecule has 5 aliphatic heterocycles. The quantitative estimate of drug-likeness (QED) is 0.126. The van der Waals surface area contributed by atoms with Crippen LogP contribution in [-0.2, 0) is 17.2 Å². The average molecular weight is 1880 g/mol. The number of nitrogens with zero attached hydrogens (tertiary/aromatic N) is 5. The Labute approximate surface area is 797 Å². The Morgan fingerprint density at radius 2 is 0.689 bits per heavy atom. The Hall–Kier alpha value is -15.0. The van der Waals surface area contributed by atoms with Crippen molar-refractivity contribution in [2.75, 3.05) is 52.9 Å². The number of benzene rings is 15. The molecule has 0 spiro atoms. The van der Waals surface area contributed by atoms with Gasteiger partial charge in [-0.25, -0.2) is 4.21 Å². The van der Waals surface area contributed by atoms with Crippen molar-refractivity contribution < 1.29 is 50.0 Å². The van der Waals surface area contributed by atoms with E-state index in [0.29, 0.717) is 5.88 Å². The molecule has 0 saturated heterocycles. The van der Waals surface area contributed by atoms with Crippen LogP contribution in [0.4, 0.5) is 86.3 Å². The number of hydrogen-bond donors (Lipinski definition) is 0. The molecule has 1 atom stereocenters. The van der Waals surface area contributed by atoms with Gasteiger partial charge >= 0.3 is 170 Å². The van der Waals surface area contributed by atoms with Crippen LogP contribution in [-0.4, -0.2) is 47.6 Å². The summed E-state index contributed by atoms with van der Waals surface area (Å²) < 4.78 is 76.9. The maximum absolute atomic E-state index is 13.4. The zero-order valence-electron chi connectivity index (χ0n) is 77.5. The fourth-order valence-corrected chi connectivity index (χ4v) is 24.7. The van der Waals surface area contributed by atoms with Crippen LogP contribution in [0.5, 0.6) is 34.5 Å². The fraction of sp³-hybridized carbons (Fsp3) is 0.138. The predicted octanol–water partition coefficient (Wildman–Crippen LogP) is 30.9. The van der Waals surface area contributed by atoms with Gasteiger partial charge in [0.15, 0.2) is 11.5 Å². The monoisotopic (exact) mass is 1880 g/mol. The number of ether oxygens (including phenoxy) is 5. The molecule has 15 aromatic carbocycles. The molecule has 0 bridgehead atoms. The Kier molecular flexibility index (Phi) is 22.8. The van der Waals surface area contributed by atoms with E-state index < -0.39 is 10.8 Å². The molecule has 0 N–H and O–H groups in total. The number of rotatable bonds is 9. The Balaban J connectivity index is 0.000000101. The number of aryl methyl sites for hydroxylation is 11. The molecule has 1 unspecified atom stereocenters. The van der Waals surface area contributed by atoms with Gasteiger partial charge in [0.25, 0.3) is 0 Å². The number of methoxy groups -OCH3 is 4. The van der Waals surface area contributed by atoms with Gasteiger partial charge in [-0.15, -0.1) is 0 Å². The van der Waals surface area contributed by atoms with E-state index in [1.54, 1.807) is 40.2 Å². The first-order chi connectivity index (χ1) is 65.7. The largest absolute Gasteiger partial charge is 0.449 e. The molecule has 16 nitrogen and oxygen atoms in total. The minimum Gasteiger partial charge on any atom is -0.449 e. The van der Waals surface area contributed by atoms with Crippen molar-refractivity contribution >= 4 is 188 Å². The molecule has 0 aliphatic carbocycles. The summed E-state index contributed by atoms with van der Waals surface area (Å²) in [6, 6.07) is 103. The summed E-state index contributed by atoms with van der Waals surface area (Å²) >= 11 is 1.95. The second kappa shape index (κ2) is 35.5. The SMILES string of the molecule is COc1cc(C)cc(OC)c1N1c2ccccc2Cc2c1oc1ccccc21.COc1cc(C)cc(OC)c1N1c2ccccc2[Se]c2c1oc1ccccc21.Cc1cc(C)c(N2c3ccccc3Oc3c2oc2ccccc32)c(C)c1.Cc1cc(C)c(N2c3ccccc3S(=O)c3c2oc2ccccc32)c(C)c1.Cc1cc(C)c(N2c3ccccc3Sc3c2oc2ccccc32)c(C)c1. The summed E-state index contributed by atoms with van der Waals surface area (Å²) in [7, 11) is 5.48. The third kappa shape index (κ3) is 15.2. The Morgan fingerprint density at radius 1 is 0.319 bits per heavy atom. The first-order valence-corrected chi connectivity index (χ1v) is 48.6. The predicted molar refractivity (Wildman–Crippen MR) is 549 cm³/mol. The van der Waals surface area contributed by atoms with Gasteiger partial charge < -0.3 is 31.9 Å². The van der Waals surface area contributed by atoms with Gasteiger partial charge in [-0.2, -0.15) is 0 Å². The topological polar surface area (TPSA) is 145 Å². The number of fused-ring (bicyclic) bond motifs is 20. The minimum absolute atomic E-state index is 0.153. The maximum Gasteiger partial charge on any atom is 0.249 e. The Bertz CT molecular complexity index is 7640. The van der Waals surface area contributed by atoms with E-state index in [-0.39, 0.29) is 15.0 Å². The molecule has 670 valence electrons. The van der Waals surface area contributed by atoms with Gasteiger partial charge in [-0.1, -0.05) is 174 Å². The van der Waals surface area contributed by atoms with E-state index in [9.17, 15) is 4.21 Å². The van der Waals surface area contributed by atoms with E-state index >= 15 is 0 Å². The van der Waals surface area contributed by atoms with E-state index in [4.69, 9.17) is 45.8 Å². The van der Waals surface area contributed by atoms with Crippen LogP contribution in [0, 0.1) is 76.2 Å². The molecule has 10 heterocycles. The van der Waals surface area contributed by atoms with Gasteiger partial charge in [0, 0.05) is 33.0 Å². The number of para-hydroxylation sites is 11. The first kappa shape index (κ1) is 86.7. The van der Waals surface area contributed by atoms with Crippen molar-refractivity contribution in [2.24, 2.45) is 0 Å². The number of anilines is 15. The molecule has 0 amide bonds.